The van der Waals surface area contributed by atoms with Crippen LogP contribution >= 0.6 is 0 Å². The number of hydrogen-bond acceptors (Lipinski definition) is 1. The summed E-state index contributed by atoms with van der Waals surface area (Å²) in [4.78, 5) is 2.32. The van der Waals surface area contributed by atoms with Crippen molar-refractivity contribution in [2.24, 2.45) is 0 Å². The van der Waals surface area contributed by atoms with Crippen molar-refractivity contribution in [1.29, 1.82) is 0 Å². The highest BCUT2D eigenvalue weighted by molar-refractivity contribution is 6.28. The molecule has 0 spiro atoms. The lowest BCUT2D eigenvalue weighted by Gasteiger charge is -2.26. The van der Waals surface area contributed by atoms with Gasteiger partial charge in [0.1, 0.15) is 0 Å². The van der Waals surface area contributed by atoms with Gasteiger partial charge < -0.3 is 9.30 Å². The van der Waals surface area contributed by atoms with E-state index in [0.717, 1.165) is 17.1 Å². The van der Waals surface area contributed by atoms with Crippen molar-refractivity contribution in [3.8, 4) is 22.3 Å². The maximum absolute atomic E-state index is 2.48. The number of rotatable bonds is 5. The summed E-state index contributed by atoms with van der Waals surface area (Å²) in [5.41, 5.74) is 12.0. The molecule has 0 aliphatic heterocycles. The molecule has 0 saturated heterocycles. The number of pyridine rings is 1. The molecule has 0 fully saturated rings. The molecule has 0 amide bonds. The molecule has 0 aliphatic rings. The van der Waals surface area contributed by atoms with Gasteiger partial charge in [-0.1, -0.05) is 127 Å². The lowest BCUT2D eigenvalue weighted by molar-refractivity contribution is 1.28. The lowest BCUT2D eigenvalue weighted by Crippen LogP contribution is -2.09. The van der Waals surface area contributed by atoms with Gasteiger partial charge in [-0.05, 0) is 87.6 Å². The molecule has 0 aliphatic carbocycles. The second kappa shape index (κ2) is 10.6. The number of anilines is 3. The Bertz CT molecular complexity index is 2730. The van der Waals surface area contributed by atoms with Gasteiger partial charge in [0, 0.05) is 38.6 Å². The predicted octanol–water partition coefficient (Wildman–Crippen LogP) is 12.8. The maximum Gasteiger partial charge on any atom is 0.0625 e. The molecule has 224 valence electrons. The van der Waals surface area contributed by atoms with Crippen LogP contribution in [0.4, 0.5) is 17.1 Å². The molecule has 2 heteroatoms. The zero-order valence-corrected chi connectivity index (χ0v) is 26.2. The van der Waals surface area contributed by atoms with Gasteiger partial charge in [-0.15, -0.1) is 0 Å². The van der Waals surface area contributed by atoms with Gasteiger partial charge in [0.25, 0.3) is 0 Å². The number of hydrogen-bond donors (Lipinski definition) is 0. The van der Waals surface area contributed by atoms with Gasteiger partial charge in [-0.2, -0.15) is 0 Å². The van der Waals surface area contributed by atoms with E-state index in [1.54, 1.807) is 0 Å². The first kappa shape index (κ1) is 26.8. The zero-order valence-electron chi connectivity index (χ0n) is 26.2. The Hall–Kier alpha value is -6.38. The van der Waals surface area contributed by atoms with Gasteiger partial charge in [0.2, 0.25) is 0 Å². The molecule has 0 unspecified atom stereocenters. The SMILES string of the molecule is c1ccc(-c2ccc(N(c3ccccc3)c3ccc(-c4ccc5c(c4)c4ccc6cccc7c8ccccc8n5c4c67)cc3)cc2)cc1. The van der Waals surface area contributed by atoms with Crippen molar-refractivity contribution < 1.29 is 0 Å². The molecule has 2 nitrogen and oxygen atoms in total. The molecule has 2 aromatic heterocycles. The second-order valence-electron chi connectivity index (χ2n) is 12.6. The van der Waals surface area contributed by atoms with Gasteiger partial charge in [0.05, 0.1) is 16.6 Å². The first-order valence-electron chi connectivity index (χ1n) is 16.5. The topological polar surface area (TPSA) is 7.65 Å². The van der Waals surface area contributed by atoms with E-state index < -0.39 is 0 Å². The van der Waals surface area contributed by atoms with E-state index >= 15 is 0 Å². The highest BCUT2D eigenvalue weighted by Crippen LogP contribution is 2.42. The summed E-state index contributed by atoms with van der Waals surface area (Å²) in [5, 5.41) is 7.81. The Morgan fingerprint density at radius 2 is 0.896 bits per heavy atom. The molecule has 10 aromatic rings. The van der Waals surface area contributed by atoms with Crippen LogP contribution in [0, 0.1) is 0 Å². The molecule has 48 heavy (non-hydrogen) atoms. The molecular formula is C46H30N2. The van der Waals surface area contributed by atoms with Crippen LogP contribution in [0.25, 0.3) is 71.1 Å². The first-order valence-corrected chi connectivity index (χ1v) is 16.5. The van der Waals surface area contributed by atoms with Gasteiger partial charge >= 0.3 is 0 Å². The Morgan fingerprint density at radius 1 is 0.333 bits per heavy atom. The third-order valence-corrected chi connectivity index (χ3v) is 9.91. The average molecular weight is 611 g/mol. The van der Waals surface area contributed by atoms with Crippen molar-refractivity contribution in [2.45, 2.75) is 0 Å². The van der Waals surface area contributed by atoms with Crippen molar-refractivity contribution in [1.82, 2.24) is 4.40 Å². The molecule has 2 heterocycles. The molecule has 10 rings (SSSR count). The highest BCUT2D eigenvalue weighted by Gasteiger charge is 2.19. The standard InChI is InChI=1S/C46H30N2/c1-3-10-31(11-4-1)32-18-24-37(25-19-32)47(36-13-5-2-6-14-36)38-26-20-33(21-27-38)35-23-29-44-42(30-35)41-28-22-34-12-9-16-40-39-15-7-8-17-43(39)48(44)46(41)45(34)40/h1-30H. The fourth-order valence-electron chi connectivity index (χ4n) is 7.69. The van der Waals surface area contributed by atoms with Crippen LogP contribution in [0.5, 0.6) is 0 Å². The maximum atomic E-state index is 2.48. The molecular weight excluding hydrogens is 581 g/mol. The van der Waals surface area contributed by atoms with Crippen LogP contribution in [0.15, 0.2) is 182 Å². The van der Waals surface area contributed by atoms with E-state index in [1.807, 2.05) is 0 Å². The van der Waals surface area contributed by atoms with Crippen LogP contribution in [0.3, 0.4) is 0 Å². The Kier molecular flexibility index (Phi) is 5.91. The number of fused-ring (bicyclic) bond motifs is 6. The van der Waals surface area contributed by atoms with Crippen LogP contribution in [0.1, 0.15) is 0 Å². The summed E-state index contributed by atoms with van der Waals surface area (Å²) >= 11 is 0. The zero-order chi connectivity index (χ0) is 31.6. The highest BCUT2D eigenvalue weighted by atomic mass is 15.1. The number of aromatic nitrogens is 1. The Balaban J connectivity index is 1.09. The Morgan fingerprint density at radius 3 is 1.65 bits per heavy atom. The fraction of sp³-hybridized carbons (Fsp3) is 0. The minimum Gasteiger partial charge on any atom is -0.311 e. The summed E-state index contributed by atoms with van der Waals surface area (Å²) in [6, 6.07) is 66.0. The van der Waals surface area contributed by atoms with Gasteiger partial charge in [-0.25, -0.2) is 0 Å². The van der Waals surface area contributed by atoms with Gasteiger partial charge in [-0.3, -0.25) is 0 Å². The molecule has 8 aromatic carbocycles. The van der Waals surface area contributed by atoms with Crippen LogP contribution in [-0.4, -0.2) is 4.40 Å². The molecule has 0 bridgehead atoms. The number of para-hydroxylation sites is 2. The monoisotopic (exact) mass is 610 g/mol. The fourth-order valence-corrected chi connectivity index (χ4v) is 7.69. The summed E-state index contributed by atoms with van der Waals surface area (Å²) in [5.74, 6) is 0. The van der Waals surface area contributed by atoms with Crippen LogP contribution < -0.4 is 4.90 Å². The summed E-state index contributed by atoms with van der Waals surface area (Å²) < 4.78 is 2.48. The number of nitrogens with zero attached hydrogens (tertiary/aromatic N) is 2. The average Bonchev–Trinajstić information content (AvgIpc) is 3.50. The first-order chi connectivity index (χ1) is 23.8. The predicted molar refractivity (Wildman–Crippen MR) is 204 cm³/mol. The minimum atomic E-state index is 1.12. The molecule has 0 saturated carbocycles. The van der Waals surface area contributed by atoms with Crippen molar-refractivity contribution in [2.75, 3.05) is 4.90 Å². The second-order valence-corrected chi connectivity index (χ2v) is 12.6. The largest absolute Gasteiger partial charge is 0.311 e. The van der Waals surface area contributed by atoms with Crippen molar-refractivity contribution in [3.05, 3.63) is 182 Å². The third kappa shape index (κ3) is 4.06. The molecule has 0 radical (unpaired) electrons. The van der Waals surface area contributed by atoms with Gasteiger partial charge in [0.15, 0.2) is 0 Å². The smallest absolute Gasteiger partial charge is 0.0625 e. The summed E-state index contributed by atoms with van der Waals surface area (Å²) in [6.07, 6.45) is 0. The van der Waals surface area contributed by atoms with Crippen molar-refractivity contribution >= 4 is 65.9 Å². The minimum absolute atomic E-state index is 1.12. The quantitative estimate of drug-likeness (QED) is 0.139. The summed E-state index contributed by atoms with van der Waals surface area (Å²) in [7, 11) is 0. The van der Waals surface area contributed by atoms with E-state index in [1.165, 1.54) is 71.1 Å². The van der Waals surface area contributed by atoms with E-state index in [2.05, 4.69) is 191 Å². The third-order valence-electron chi connectivity index (χ3n) is 9.91. The van der Waals surface area contributed by atoms with Crippen LogP contribution in [0.2, 0.25) is 0 Å². The van der Waals surface area contributed by atoms with E-state index in [0.29, 0.717) is 0 Å². The Labute approximate surface area is 278 Å². The van der Waals surface area contributed by atoms with Crippen LogP contribution in [-0.2, 0) is 0 Å². The normalized spacial score (nSPS) is 11.8. The number of benzene rings is 8. The summed E-state index contributed by atoms with van der Waals surface area (Å²) in [6.45, 7) is 0. The van der Waals surface area contributed by atoms with E-state index in [9.17, 15) is 0 Å². The van der Waals surface area contributed by atoms with E-state index in [4.69, 9.17) is 0 Å². The lowest BCUT2D eigenvalue weighted by atomic mass is 9.98. The van der Waals surface area contributed by atoms with E-state index in [-0.39, 0.29) is 0 Å². The molecule has 0 atom stereocenters. The molecule has 0 N–H and O–H groups in total. The van der Waals surface area contributed by atoms with Crippen molar-refractivity contribution in [3.63, 3.8) is 0 Å².